The van der Waals surface area contributed by atoms with Crippen molar-refractivity contribution in [1.29, 1.82) is 0 Å². The summed E-state index contributed by atoms with van der Waals surface area (Å²) in [7, 11) is 0. The molecule has 0 atom stereocenters. The van der Waals surface area contributed by atoms with Crippen LogP contribution in [-0.2, 0) is 9.59 Å². The molecule has 1 aromatic carbocycles. The Bertz CT molecular complexity index is 485. The molecule has 2 amide bonds. The van der Waals surface area contributed by atoms with Crippen molar-refractivity contribution in [3.63, 3.8) is 0 Å². The molecule has 1 N–H and O–H groups in total. The van der Waals surface area contributed by atoms with Gasteiger partial charge in [0, 0.05) is 38.8 Å². The summed E-state index contributed by atoms with van der Waals surface area (Å²) < 4.78 is 0. The zero-order valence-corrected chi connectivity index (χ0v) is 11.5. The van der Waals surface area contributed by atoms with Crippen LogP contribution in [0.2, 0.25) is 5.02 Å². The molecule has 0 bridgehead atoms. The summed E-state index contributed by atoms with van der Waals surface area (Å²) in [6, 6.07) is 5.42. The van der Waals surface area contributed by atoms with Crippen LogP contribution >= 0.6 is 11.6 Å². The number of carbonyl (C=O) groups is 2. The molecule has 0 aliphatic carbocycles. The Morgan fingerprint density at radius 1 is 1.32 bits per heavy atom. The molecule has 1 fully saturated rings. The standard InChI is InChI=1S/C13H16ClN3O2/c1-10(19)16-4-6-17(7-5-16)13-3-2-11(15-9-18)8-12(13)14/h2-3,8-9H,4-7H2,1H3,(H,15,18). The highest BCUT2D eigenvalue weighted by Crippen LogP contribution is 2.29. The van der Waals surface area contributed by atoms with Crippen molar-refractivity contribution in [2.45, 2.75) is 6.92 Å². The molecule has 1 saturated heterocycles. The maximum Gasteiger partial charge on any atom is 0.219 e. The number of hydrogen-bond acceptors (Lipinski definition) is 3. The van der Waals surface area contributed by atoms with E-state index in [1.807, 2.05) is 17.0 Å². The molecule has 1 heterocycles. The van der Waals surface area contributed by atoms with E-state index in [-0.39, 0.29) is 5.91 Å². The molecule has 0 spiro atoms. The van der Waals surface area contributed by atoms with E-state index < -0.39 is 0 Å². The quantitative estimate of drug-likeness (QED) is 0.856. The Balaban J connectivity index is 2.07. The predicted octanol–water partition coefficient (Wildman–Crippen LogP) is 1.58. The number of rotatable bonds is 3. The molecule has 5 nitrogen and oxygen atoms in total. The van der Waals surface area contributed by atoms with Crippen molar-refractivity contribution in [2.24, 2.45) is 0 Å². The van der Waals surface area contributed by atoms with E-state index in [9.17, 15) is 9.59 Å². The van der Waals surface area contributed by atoms with Gasteiger partial charge in [-0.2, -0.15) is 0 Å². The van der Waals surface area contributed by atoms with Gasteiger partial charge in [0.05, 0.1) is 10.7 Å². The van der Waals surface area contributed by atoms with E-state index >= 15 is 0 Å². The van der Waals surface area contributed by atoms with Crippen LogP contribution in [0.1, 0.15) is 6.92 Å². The Labute approximate surface area is 117 Å². The smallest absolute Gasteiger partial charge is 0.219 e. The second kappa shape index (κ2) is 5.93. The fourth-order valence-electron chi connectivity index (χ4n) is 2.18. The van der Waals surface area contributed by atoms with Crippen LogP contribution in [0.3, 0.4) is 0 Å². The maximum atomic E-state index is 11.3. The van der Waals surface area contributed by atoms with Crippen molar-refractivity contribution in [3.8, 4) is 0 Å². The molecule has 0 radical (unpaired) electrons. The number of nitrogens with one attached hydrogen (secondary N) is 1. The number of anilines is 2. The molecule has 1 aliphatic heterocycles. The number of hydrogen-bond donors (Lipinski definition) is 1. The topological polar surface area (TPSA) is 52.7 Å². The van der Waals surface area contributed by atoms with Crippen molar-refractivity contribution in [1.82, 2.24) is 4.90 Å². The lowest BCUT2D eigenvalue weighted by Gasteiger charge is -2.36. The Morgan fingerprint density at radius 3 is 2.53 bits per heavy atom. The summed E-state index contributed by atoms with van der Waals surface area (Å²) >= 11 is 6.22. The number of carbonyl (C=O) groups excluding carboxylic acids is 2. The van der Waals surface area contributed by atoms with Crippen LogP contribution in [0.5, 0.6) is 0 Å². The van der Waals surface area contributed by atoms with Crippen LogP contribution in [-0.4, -0.2) is 43.4 Å². The van der Waals surface area contributed by atoms with Crippen LogP contribution in [0.25, 0.3) is 0 Å². The zero-order chi connectivity index (χ0) is 13.8. The van der Waals surface area contributed by atoms with Crippen molar-refractivity contribution in [2.75, 3.05) is 36.4 Å². The van der Waals surface area contributed by atoms with Gasteiger partial charge < -0.3 is 15.1 Å². The lowest BCUT2D eigenvalue weighted by atomic mass is 10.2. The lowest BCUT2D eigenvalue weighted by molar-refractivity contribution is -0.129. The molecular formula is C13H16ClN3O2. The summed E-state index contributed by atoms with van der Waals surface area (Å²) in [5.41, 5.74) is 1.60. The van der Waals surface area contributed by atoms with E-state index in [1.165, 1.54) is 0 Å². The van der Waals surface area contributed by atoms with E-state index in [2.05, 4.69) is 10.2 Å². The van der Waals surface area contributed by atoms with Gasteiger partial charge in [0.25, 0.3) is 0 Å². The molecule has 102 valence electrons. The molecule has 1 aromatic rings. The summed E-state index contributed by atoms with van der Waals surface area (Å²) in [6.07, 6.45) is 0.622. The number of nitrogens with zero attached hydrogens (tertiary/aromatic N) is 2. The summed E-state index contributed by atoms with van der Waals surface area (Å²) in [4.78, 5) is 25.6. The van der Waals surface area contributed by atoms with Crippen LogP contribution < -0.4 is 10.2 Å². The first kappa shape index (κ1) is 13.7. The molecule has 0 unspecified atom stereocenters. The minimum atomic E-state index is 0.108. The number of amides is 2. The molecule has 1 aliphatic rings. The molecular weight excluding hydrogens is 266 g/mol. The second-order valence-electron chi connectivity index (χ2n) is 4.42. The summed E-state index contributed by atoms with van der Waals surface area (Å²) in [5, 5.41) is 3.16. The second-order valence-corrected chi connectivity index (χ2v) is 4.83. The molecule has 6 heteroatoms. The summed E-state index contributed by atoms with van der Waals surface area (Å²) in [5.74, 6) is 0.108. The highest BCUT2D eigenvalue weighted by molar-refractivity contribution is 6.33. The fraction of sp³-hybridized carbons (Fsp3) is 0.385. The minimum Gasteiger partial charge on any atom is -0.367 e. The Kier molecular flexibility index (Phi) is 4.27. The third-order valence-corrected chi connectivity index (χ3v) is 3.54. The van der Waals surface area contributed by atoms with Crippen molar-refractivity contribution < 1.29 is 9.59 Å². The first-order valence-electron chi connectivity index (χ1n) is 6.12. The monoisotopic (exact) mass is 281 g/mol. The van der Waals surface area contributed by atoms with Gasteiger partial charge in [0.1, 0.15) is 0 Å². The highest BCUT2D eigenvalue weighted by atomic mass is 35.5. The van der Waals surface area contributed by atoms with Gasteiger partial charge in [-0.3, -0.25) is 9.59 Å². The van der Waals surface area contributed by atoms with E-state index in [4.69, 9.17) is 11.6 Å². The van der Waals surface area contributed by atoms with E-state index in [1.54, 1.807) is 13.0 Å². The normalized spacial score (nSPS) is 15.3. The third-order valence-electron chi connectivity index (χ3n) is 3.24. The van der Waals surface area contributed by atoms with Gasteiger partial charge in [-0.15, -0.1) is 0 Å². The van der Waals surface area contributed by atoms with Crippen molar-refractivity contribution in [3.05, 3.63) is 23.2 Å². The highest BCUT2D eigenvalue weighted by Gasteiger charge is 2.20. The Morgan fingerprint density at radius 2 is 2.00 bits per heavy atom. The van der Waals surface area contributed by atoms with E-state index in [0.717, 1.165) is 18.8 Å². The first-order valence-corrected chi connectivity index (χ1v) is 6.50. The largest absolute Gasteiger partial charge is 0.367 e. The average molecular weight is 282 g/mol. The van der Waals surface area contributed by atoms with Gasteiger partial charge in [-0.05, 0) is 18.2 Å². The molecule has 0 aromatic heterocycles. The molecule has 0 saturated carbocycles. The number of piperazine rings is 1. The maximum absolute atomic E-state index is 11.3. The average Bonchev–Trinajstić information content (AvgIpc) is 2.39. The summed E-state index contributed by atoms with van der Waals surface area (Å²) in [6.45, 7) is 4.53. The SMILES string of the molecule is CC(=O)N1CCN(c2ccc(NC=O)cc2Cl)CC1. The third kappa shape index (κ3) is 3.17. The van der Waals surface area contributed by atoms with Gasteiger partial charge in [0.2, 0.25) is 12.3 Å². The van der Waals surface area contributed by atoms with Crippen LogP contribution in [0.15, 0.2) is 18.2 Å². The first-order chi connectivity index (χ1) is 9.11. The number of benzene rings is 1. The fourth-order valence-corrected chi connectivity index (χ4v) is 2.48. The predicted molar refractivity (Wildman–Crippen MR) is 75.6 cm³/mol. The lowest BCUT2D eigenvalue weighted by Crippen LogP contribution is -2.48. The Hall–Kier alpha value is -1.75. The van der Waals surface area contributed by atoms with Crippen LogP contribution in [0.4, 0.5) is 11.4 Å². The zero-order valence-electron chi connectivity index (χ0n) is 10.7. The van der Waals surface area contributed by atoms with Gasteiger partial charge >= 0.3 is 0 Å². The molecule has 19 heavy (non-hydrogen) atoms. The minimum absolute atomic E-state index is 0.108. The van der Waals surface area contributed by atoms with Gasteiger partial charge in [-0.1, -0.05) is 11.6 Å². The number of halogens is 1. The van der Waals surface area contributed by atoms with Crippen molar-refractivity contribution >= 4 is 35.3 Å². The van der Waals surface area contributed by atoms with Crippen LogP contribution in [0, 0.1) is 0 Å². The van der Waals surface area contributed by atoms with Gasteiger partial charge in [-0.25, -0.2) is 0 Å². The van der Waals surface area contributed by atoms with E-state index in [0.29, 0.717) is 30.2 Å². The molecule has 2 rings (SSSR count). The van der Waals surface area contributed by atoms with Gasteiger partial charge in [0.15, 0.2) is 0 Å².